The molecule has 0 saturated carbocycles. The Bertz CT molecular complexity index is 951. The van der Waals surface area contributed by atoms with Gasteiger partial charge in [-0.1, -0.05) is 39.7 Å². The minimum atomic E-state index is -0.773. The number of nitrogens with one attached hydrogen (secondary N) is 2. The molecule has 152 valence electrons. The van der Waals surface area contributed by atoms with Crippen molar-refractivity contribution in [2.24, 2.45) is 5.92 Å². The van der Waals surface area contributed by atoms with Gasteiger partial charge in [-0.3, -0.25) is 14.4 Å². The second-order valence-corrected chi connectivity index (χ2v) is 8.27. The summed E-state index contributed by atoms with van der Waals surface area (Å²) in [6.45, 7) is 6.17. The van der Waals surface area contributed by atoms with E-state index in [1.54, 1.807) is 4.90 Å². The van der Waals surface area contributed by atoms with E-state index in [-0.39, 0.29) is 18.4 Å². The van der Waals surface area contributed by atoms with Crippen molar-refractivity contribution in [2.75, 3.05) is 23.3 Å². The third-order valence-corrected chi connectivity index (χ3v) is 5.50. The largest absolute Gasteiger partial charge is 0.346 e. The lowest BCUT2D eigenvalue weighted by Gasteiger charge is -2.17. The molecule has 3 rings (SSSR count). The van der Waals surface area contributed by atoms with Crippen LogP contribution in [0, 0.1) is 26.7 Å². The zero-order valence-electron chi connectivity index (χ0n) is 16.7. The van der Waals surface area contributed by atoms with Gasteiger partial charge in [0.1, 0.15) is 5.92 Å². The maximum Gasteiger partial charge on any atom is 0.243 e. The Labute approximate surface area is 178 Å². The van der Waals surface area contributed by atoms with E-state index in [1.165, 1.54) is 0 Å². The smallest absolute Gasteiger partial charge is 0.243 e. The topological polar surface area (TPSA) is 78.5 Å². The Balaban J connectivity index is 1.57. The summed E-state index contributed by atoms with van der Waals surface area (Å²) in [5.41, 5.74) is 4.58. The molecule has 0 spiro atoms. The first-order valence-electron chi connectivity index (χ1n) is 9.48. The summed E-state index contributed by atoms with van der Waals surface area (Å²) in [6.07, 6.45) is 0.426. The number of anilines is 2. The summed E-state index contributed by atoms with van der Waals surface area (Å²) in [6, 6.07) is 11.4. The van der Waals surface area contributed by atoms with E-state index < -0.39 is 11.8 Å². The molecule has 1 saturated heterocycles. The van der Waals surface area contributed by atoms with E-state index in [9.17, 15) is 14.4 Å². The maximum absolute atomic E-state index is 12.7. The zero-order chi connectivity index (χ0) is 21.1. The van der Waals surface area contributed by atoms with Gasteiger partial charge in [0.15, 0.2) is 0 Å². The lowest BCUT2D eigenvalue weighted by molar-refractivity contribution is -0.133. The van der Waals surface area contributed by atoms with Crippen molar-refractivity contribution in [1.82, 2.24) is 5.32 Å². The summed E-state index contributed by atoms with van der Waals surface area (Å²) < 4.78 is 0.870. The highest BCUT2D eigenvalue weighted by Gasteiger charge is 2.37. The van der Waals surface area contributed by atoms with Gasteiger partial charge in [0.25, 0.3) is 0 Å². The Kier molecular flexibility index (Phi) is 6.37. The Morgan fingerprint density at radius 3 is 2.48 bits per heavy atom. The van der Waals surface area contributed by atoms with Gasteiger partial charge >= 0.3 is 0 Å². The van der Waals surface area contributed by atoms with Crippen LogP contribution in [0.5, 0.6) is 0 Å². The van der Waals surface area contributed by atoms with Gasteiger partial charge in [-0.15, -0.1) is 0 Å². The average molecular weight is 458 g/mol. The van der Waals surface area contributed by atoms with Crippen LogP contribution in [-0.4, -0.2) is 30.8 Å². The standard InChI is InChI=1S/C22H24BrN3O3/c1-13-9-14(2)20(15(3)10-13)25-19(27)12-24-21(28)18-7-8-26(22(18)29)17-6-4-5-16(23)11-17/h4-6,9-11,18H,7-8,12H2,1-3H3,(H,24,28)(H,25,27). The number of rotatable bonds is 5. The first-order valence-corrected chi connectivity index (χ1v) is 10.3. The van der Waals surface area contributed by atoms with Crippen LogP contribution in [-0.2, 0) is 14.4 Å². The van der Waals surface area contributed by atoms with Crippen LogP contribution in [0.25, 0.3) is 0 Å². The van der Waals surface area contributed by atoms with Crippen molar-refractivity contribution in [3.8, 4) is 0 Å². The number of halogens is 1. The molecule has 3 amide bonds. The van der Waals surface area contributed by atoms with E-state index in [2.05, 4.69) is 26.6 Å². The molecule has 29 heavy (non-hydrogen) atoms. The quantitative estimate of drug-likeness (QED) is 0.674. The van der Waals surface area contributed by atoms with Crippen LogP contribution in [0.1, 0.15) is 23.1 Å². The molecule has 0 radical (unpaired) electrons. The molecule has 0 bridgehead atoms. The molecule has 1 heterocycles. The molecule has 0 aliphatic carbocycles. The Morgan fingerprint density at radius 1 is 1.14 bits per heavy atom. The van der Waals surface area contributed by atoms with Gasteiger partial charge in [-0.25, -0.2) is 0 Å². The normalized spacial score (nSPS) is 16.1. The number of benzene rings is 2. The number of hydrogen-bond acceptors (Lipinski definition) is 3. The third kappa shape index (κ3) is 4.85. The van der Waals surface area contributed by atoms with Crippen molar-refractivity contribution < 1.29 is 14.4 Å². The third-order valence-electron chi connectivity index (χ3n) is 5.01. The molecule has 1 fully saturated rings. The molecule has 1 unspecified atom stereocenters. The molecular weight excluding hydrogens is 434 g/mol. The van der Waals surface area contributed by atoms with Crippen molar-refractivity contribution >= 4 is 45.0 Å². The number of carbonyl (C=O) groups excluding carboxylic acids is 3. The predicted molar refractivity (Wildman–Crippen MR) is 117 cm³/mol. The van der Waals surface area contributed by atoms with Gasteiger partial charge in [-0.2, -0.15) is 0 Å². The first kappa shape index (κ1) is 21.0. The fourth-order valence-electron chi connectivity index (χ4n) is 3.67. The highest BCUT2D eigenvalue weighted by atomic mass is 79.9. The monoisotopic (exact) mass is 457 g/mol. The van der Waals surface area contributed by atoms with E-state index >= 15 is 0 Å². The summed E-state index contributed by atoms with van der Waals surface area (Å²) >= 11 is 3.39. The SMILES string of the molecule is Cc1cc(C)c(NC(=O)CNC(=O)C2CCN(c3cccc(Br)c3)C2=O)c(C)c1. The second kappa shape index (κ2) is 8.78. The average Bonchev–Trinajstić information content (AvgIpc) is 3.04. The molecule has 1 aliphatic heterocycles. The Morgan fingerprint density at radius 2 is 1.83 bits per heavy atom. The number of nitrogens with zero attached hydrogens (tertiary/aromatic N) is 1. The summed E-state index contributed by atoms with van der Waals surface area (Å²) in [5.74, 6) is -1.75. The van der Waals surface area contributed by atoms with Crippen LogP contribution in [0.4, 0.5) is 11.4 Å². The fraction of sp³-hybridized carbons (Fsp3) is 0.318. The van der Waals surface area contributed by atoms with Crippen molar-refractivity contribution in [3.63, 3.8) is 0 Å². The second-order valence-electron chi connectivity index (χ2n) is 7.35. The van der Waals surface area contributed by atoms with Gasteiger partial charge in [-0.05, 0) is 56.5 Å². The number of hydrogen-bond donors (Lipinski definition) is 2. The van der Waals surface area contributed by atoms with Crippen molar-refractivity contribution in [1.29, 1.82) is 0 Å². The molecule has 2 N–H and O–H groups in total. The van der Waals surface area contributed by atoms with Crippen LogP contribution < -0.4 is 15.5 Å². The minimum absolute atomic E-state index is 0.174. The molecule has 6 nitrogen and oxygen atoms in total. The lowest BCUT2D eigenvalue weighted by Crippen LogP contribution is -2.40. The van der Waals surface area contributed by atoms with Crippen LogP contribution in [0.3, 0.4) is 0 Å². The van der Waals surface area contributed by atoms with E-state index in [4.69, 9.17) is 0 Å². The van der Waals surface area contributed by atoms with Gasteiger partial charge in [0, 0.05) is 22.4 Å². The van der Waals surface area contributed by atoms with Crippen molar-refractivity contribution in [3.05, 3.63) is 57.6 Å². The zero-order valence-corrected chi connectivity index (χ0v) is 18.3. The van der Waals surface area contributed by atoms with Crippen LogP contribution in [0.15, 0.2) is 40.9 Å². The van der Waals surface area contributed by atoms with Gasteiger partial charge in [0.2, 0.25) is 17.7 Å². The number of carbonyl (C=O) groups is 3. The molecular formula is C22H24BrN3O3. The van der Waals surface area contributed by atoms with E-state index in [0.29, 0.717) is 13.0 Å². The lowest BCUT2D eigenvalue weighted by atomic mass is 10.1. The van der Waals surface area contributed by atoms with Gasteiger partial charge < -0.3 is 15.5 Å². The number of aryl methyl sites for hydroxylation is 3. The summed E-state index contributed by atoms with van der Waals surface area (Å²) in [5, 5.41) is 5.45. The molecule has 2 aromatic carbocycles. The number of amides is 3. The minimum Gasteiger partial charge on any atom is -0.346 e. The molecule has 7 heteroatoms. The summed E-state index contributed by atoms with van der Waals surface area (Å²) in [7, 11) is 0. The fourth-order valence-corrected chi connectivity index (χ4v) is 4.06. The molecule has 2 aromatic rings. The summed E-state index contributed by atoms with van der Waals surface area (Å²) in [4.78, 5) is 39.1. The molecule has 1 aliphatic rings. The molecule has 0 aromatic heterocycles. The predicted octanol–water partition coefficient (Wildman–Crippen LogP) is 3.48. The van der Waals surface area contributed by atoms with E-state index in [0.717, 1.165) is 32.5 Å². The maximum atomic E-state index is 12.7. The van der Waals surface area contributed by atoms with Crippen LogP contribution in [0.2, 0.25) is 0 Å². The highest BCUT2D eigenvalue weighted by Crippen LogP contribution is 2.27. The van der Waals surface area contributed by atoms with E-state index in [1.807, 2.05) is 57.2 Å². The van der Waals surface area contributed by atoms with Crippen LogP contribution >= 0.6 is 15.9 Å². The highest BCUT2D eigenvalue weighted by molar-refractivity contribution is 9.10. The first-order chi connectivity index (χ1) is 13.8. The van der Waals surface area contributed by atoms with Gasteiger partial charge in [0.05, 0.1) is 6.54 Å². The Hall–Kier alpha value is -2.67. The van der Waals surface area contributed by atoms with Crippen molar-refractivity contribution in [2.45, 2.75) is 27.2 Å². The molecule has 1 atom stereocenters.